The Labute approximate surface area is 151 Å². The number of carbonyl (C=O) groups excluding carboxylic acids is 2. The molecule has 138 valence electrons. The summed E-state index contributed by atoms with van der Waals surface area (Å²) in [7, 11) is 1.58. The number of amides is 2. The number of nitrogens with zero attached hydrogens (tertiary/aromatic N) is 3. The number of methoxy groups -OCH3 is 1. The summed E-state index contributed by atoms with van der Waals surface area (Å²) < 4.78 is 10.6. The summed E-state index contributed by atoms with van der Waals surface area (Å²) >= 11 is 0. The molecule has 26 heavy (non-hydrogen) atoms. The van der Waals surface area contributed by atoms with E-state index >= 15 is 0 Å². The summed E-state index contributed by atoms with van der Waals surface area (Å²) in [6, 6.07) is 6.99. The molecule has 1 N–H and O–H groups in total. The fourth-order valence-corrected chi connectivity index (χ4v) is 3.07. The van der Waals surface area contributed by atoms with Gasteiger partial charge >= 0.3 is 0 Å². The summed E-state index contributed by atoms with van der Waals surface area (Å²) in [5, 5.41) is 6.76. The number of para-hydroxylation sites is 1. The molecule has 2 aromatic rings. The molecule has 2 heterocycles. The van der Waals surface area contributed by atoms with Crippen LogP contribution in [0, 0.1) is 0 Å². The van der Waals surface area contributed by atoms with Crippen LogP contribution in [0.2, 0.25) is 0 Å². The van der Waals surface area contributed by atoms with Gasteiger partial charge in [-0.1, -0.05) is 24.2 Å². The molecule has 0 bridgehead atoms. The molecule has 8 nitrogen and oxygen atoms in total. The molecule has 1 aromatic carbocycles. The number of ether oxygens (including phenoxy) is 1. The summed E-state index contributed by atoms with van der Waals surface area (Å²) in [5.41, 5.74) is 0.732. The molecule has 1 atom stereocenters. The number of benzene rings is 1. The molecule has 1 aliphatic rings. The van der Waals surface area contributed by atoms with Crippen LogP contribution < -0.4 is 10.1 Å². The summed E-state index contributed by atoms with van der Waals surface area (Å²) in [6.45, 7) is 2.91. The van der Waals surface area contributed by atoms with Crippen molar-refractivity contribution in [3.8, 4) is 17.1 Å². The van der Waals surface area contributed by atoms with E-state index in [0.717, 1.165) is 5.56 Å². The Morgan fingerprint density at radius 3 is 3.00 bits per heavy atom. The molecule has 1 aromatic heterocycles. The number of aromatic nitrogens is 2. The quantitative estimate of drug-likeness (QED) is 0.839. The molecule has 0 saturated carbocycles. The Morgan fingerprint density at radius 2 is 2.23 bits per heavy atom. The average molecular weight is 358 g/mol. The second kappa shape index (κ2) is 7.99. The second-order valence-electron chi connectivity index (χ2n) is 6.01. The predicted molar refractivity (Wildman–Crippen MR) is 93.4 cm³/mol. The zero-order chi connectivity index (χ0) is 18.5. The summed E-state index contributed by atoms with van der Waals surface area (Å²) in [4.78, 5) is 30.4. The highest BCUT2D eigenvalue weighted by atomic mass is 16.5. The first kappa shape index (κ1) is 17.9. The lowest BCUT2D eigenvalue weighted by molar-refractivity contribution is -0.143. The first-order chi connectivity index (χ1) is 12.6. The van der Waals surface area contributed by atoms with Gasteiger partial charge in [0.25, 0.3) is 0 Å². The highest BCUT2D eigenvalue weighted by Gasteiger charge is 2.31. The van der Waals surface area contributed by atoms with E-state index in [9.17, 15) is 9.59 Å². The SMILES string of the molecule is CC[C@H]1C(=O)NCCN1C(=O)CCc1nc(-c2ccccc2OC)no1. The number of aryl methyl sites for hydroxylation is 1. The Kier molecular flexibility index (Phi) is 5.50. The van der Waals surface area contributed by atoms with E-state index in [-0.39, 0.29) is 18.2 Å². The largest absolute Gasteiger partial charge is 0.496 e. The van der Waals surface area contributed by atoms with Crippen LogP contribution in [-0.2, 0) is 16.0 Å². The number of rotatable bonds is 6. The third-order valence-corrected chi connectivity index (χ3v) is 4.41. The van der Waals surface area contributed by atoms with Crippen LogP contribution in [-0.4, -0.2) is 53.1 Å². The fraction of sp³-hybridized carbons (Fsp3) is 0.444. The minimum absolute atomic E-state index is 0.0799. The maximum atomic E-state index is 12.5. The second-order valence-corrected chi connectivity index (χ2v) is 6.01. The van der Waals surface area contributed by atoms with Crippen LogP contribution in [0.4, 0.5) is 0 Å². The molecular formula is C18H22N4O4. The lowest BCUT2D eigenvalue weighted by Gasteiger charge is -2.34. The Morgan fingerprint density at radius 1 is 1.42 bits per heavy atom. The van der Waals surface area contributed by atoms with Gasteiger partial charge in [0.2, 0.25) is 23.5 Å². The Hall–Kier alpha value is -2.90. The predicted octanol–water partition coefficient (Wildman–Crippen LogP) is 1.41. The molecule has 1 saturated heterocycles. The van der Waals surface area contributed by atoms with Gasteiger partial charge in [-0.15, -0.1) is 0 Å². The third kappa shape index (κ3) is 3.68. The van der Waals surface area contributed by atoms with Gasteiger partial charge < -0.3 is 19.5 Å². The first-order valence-electron chi connectivity index (χ1n) is 8.67. The molecule has 0 radical (unpaired) electrons. The van der Waals surface area contributed by atoms with Crippen molar-refractivity contribution in [3.05, 3.63) is 30.2 Å². The van der Waals surface area contributed by atoms with Gasteiger partial charge in [0.1, 0.15) is 11.8 Å². The number of hydrogen-bond donors (Lipinski definition) is 1. The number of nitrogens with one attached hydrogen (secondary N) is 1. The van der Waals surface area contributed by atoms with Crippen molar-refractivity contribution in [1.82, 2.24) is 20.4 Å². The van der Waals surface area contributed by atoms with E-state index in [1.807, 2.05) is 31.2 Å². The van der Waals surface area contributed by atoms with Gasteiger partial charge in [0.15, 0.2) is 0 Å². The first-order valence-corrected chi connectivity index (χ1v) is 8.67. The van der Waals surface area contributed by atoms with Crippen LogP contribution in [0.25, 0.3) is 11.4 Å². The van der Waals surface area contributed by atoms with Crippen molar-refractivity contribution >= 4 is 11.8 Å². The van der Waals surface area contributed by atoms with Crippen LogP contribution in [0.3, 0.4) is 0 Å². The third-order valence-electron chi connectivity index (χ3n) is 4.41. The van der Waals surface area contributed by atoms with E-state index in [1.165, 1.54) is 0 Å². The monoisotopic (exact) mass is 358 g/mol. The van der Waals surface area contributed by atoms with Crippen LogP contribution in [0.1, 0.15) is 25.7 Å². The molecule has 0 spiro atoms. The van der Waals surface area contributed by atoms with Gasteiger partial charge in [-0.25, -0.2) is 0 Å². The molecule has 8 heteroatoms. The fourth-order valence-electron chi connectivity index (χ4n) is 3.07. The van der Waals surface area contributed by atoms with E-state index in [0.29, 0.717) is 43.4 Å². The molecular weight excluding hydrogens is 336 g/mol. The van der Waals surface area contributed by atoms with E-state index in [4.69, 9.17) is 9.26 Å². The van der Waals surface area contributed by atoms with Gasteiger partial charge in [0, 0.05) is 25.9 Å². The van der Waals surface area contributed by atoms with E-state index < -0.39 is 6.04 Å². The molecule has 1 fully saturated rings. The zero-order valence-corrected chi connectivity index (χ0v) is 14.9. The molecule has 1 aliphatic heterocycles. The maximum absolute atomic E-state index is 12.5. The number of hydrogen-bond acceptors (Lipinski definition) is 6. The highest BCUT2D eigenvalue weighted by molar-refractivity contribution is 5.88. The lowest BCUT2D eigenvalue weighted by atomic mass is 10.1. The summed E-state index contributed by atoms with van der Waals surface area (Å²) in [5.74, 6) is 1.29. The van der Waals surface area contributed by atoms with Gasteiger partial charge in [-0.3, -0.25) is 9.59 Å². The van der Waals surface area contributed by atoms with Crippen molar-refractivity contribution < 1.29 is 18.8 Å². The van der Waals surface area contributed by atoms with Crippen LogP contribution in [0.15, 0.2) is 28.8 Å². The van der Waals surface area contributed by atoms with Crippen LogP contribution >= 0.6 is 0 Å². The van der Waals surface area contributed by atoms with Crippen molar-refractivity contribution in [2.75, 3.05) is 20.2 Å². The maximum Gasteiger partial charge on any atom is 0.242 e. The van der Waals surface area contributed by atoms with Crippen molar-refractivity contribution in [2.24, 2.45) is 0 Å². The molecule has 0 unspecified atom stereocenters. The Bertz CT molecular complexity index is 789. The van der Waals surface area contributed by atoms with Gasteiger partial charge in [0.05, 0.1) is 12.7 Å². The topological polar surface area (TPSA) is 97.6 Å². The number of carbonyl (C=O) groups is 2. The lowest BCUT2D eigenvalue weighted by Crippen LogP contribution is -2.56. The van der Waals surface area contributed by atoms with Crippen molar-refractivity contribution in [3.63, 3.8) is 0 Å². The zero-order valence-electron chi connectivity index (χ0n) is 14.9. The summed E-state index contributed by atoms with van der Waals surface area (Å²) in [6.07, 6.45) is 1.14. The van der Waals surface area contributed by atoms with E-state index in [1.54, 1.807) is 12.0 Å². The van der Waals surface area contributed by atoms with E-state index in [2.05, 4.69) is 15.5 Å². The van der Waals surface area contributed by atoms with Crippen molar-refractivity contribution in [2.45, 2.75) is 32.2 Å². The Balaban J connectivity index is 1.64. The highest BCUT2D eigenvalue weighted by Crippen LogP contribution is 2.27. The minimum Gasteiger partial charge on any atom is -0.496 e. The smallest absolute Gasteiger partial charge is 0.242 e. The van der Waals surface area contributed by atoms with Crippen LogP contribution in [0.5, 0.6) is 5.75 Å². The minimum atomic E-state index is -0.400. The van der Waals surface area contributed by atoms with Gasteiger partial charge in [-0.05, 0) is 18.6 Å². The molecule has 3 rings (SSSR count). The molecule has 0 aliphatic carbocycles. The normalized spacial score (nSPS) is 17.1. The average Bonchev–Trinajstić information content (AvgIpc) is 3.14. The standard InChI is InChI=1S/C18H22N4O4/c1-3-13-18(24)19-10-11-22(13)16(23)9-8-15-20-17(21-26-15)12-6-4-5-7-14(12)25-2/h4-7,13H,3,8-11H2,1-2H3,(H,19,24)/t13-/m0/s1. The van der Waals surface area contributed by atoms with Gasteiger partial charge in [-0.2, -0.15) is 4.98 Å². The molecule has 2 amide bonds. The number of piperazine rings is 1. The van der Waals surface area contributed by atoms with Crippen molar-refractivity contribution in [1.29, 1.82) is 0 Å².